The summed E-state index contributed by atoms with van der Waals surface area (Å²) in [6.45, 7) is 4.10. The van der Waals surface area contributed by atoms with Crippen LogP contribution in [0.1, 0.15) is 24.5 Å². The molecule has 1 aromatic heterocycles. The standard InChI is InChI=1S/C23H28N6O2/c30-21(19-8-3-1-4-9-19)18-27-14-16-28(17-15-27)22(31)12-7-13-29-25-23(24-26-29)20-10-5-2-6-11-20/h1-6,8-11,21,30H,7,12-18H2. The van der Waals surface area contributed by atoms with Crippen LogP contribution in [0.5, 0.6) is 0 Å². The third-order valence-electron chi connectivity index (χ3n) is 5.57. The Morgan fingerprint density at radius 1 is 0.968 bits per heavy atom. The molecule has 2 heterocycles. The van der Waals surface area contributed by atoms with Crippen LogP contribution >= 0.6 is 0 Å². The molecule has 8 nitrogen and oxygen atoms in total. The number of tetrazole rings is 1. The molecular weight excluding hydrogens is 392 g/mol. The Hall–Kier alpha value is -3.10. The number of nitrogens with zero attached hydrogens (tertiary/aromatic N) is 6. The van der Waals surface area contributed by atoms with Crippen LogP contribution in [0.4, 0.5) is 0 Å². The van der Waals surface area contributed by atoms with E-state index in [-0.39, 0.29) is 5.91 Å². The van der Waals surface area contributed by atoms with Crippen LogP contribution in [-0.2, 0) is 11.3 Å². The quantitative estimate of drug-likeness (QED) is 0.600. The Morgan fingerprint density at radius 3 is 2.35 bits per heavy atom. The zero-order valence-electron chi connectivity index (χ0n) is 17.5. The van der Waals surface area contributed by atoms with Crippen LogP contribution < -0.4 is 0 Å². The van der Waals surface area contributed by atoms with Crippen LogP contribution in [0.3, 0.4) is 0 Å². The highest BCUT2D eigenvalue weighted by Gasteiger charge is 2.22. The van der Waals surface area contributed by atoms with Crippen LogP contribution in [0.15, 0.2) is 60.7 Å². The summed E-state index contributed by atoms with van der Waals surface area (Å²) in [6.07, 6.45) is 0.644. The number of hydrogen-bond donors (Lipinski definition) is 1. The van der Waals surface area contributed by atoms with E-state index in [4.69, 9.17) is 0 Å². The monoisotopic (exact) mass is 420 g/mol. The lowest BCUT2D eigenvalue weighted by Crippen LogP contribution is -2.49. The molecule has 1 amide bonds. The zero-order valence-corrected chi connectivity index (χ0v) is 17.5. The molecule has 1 unspecified atom stereocenters. The van der Waals surface area contributed by atoms with E-state index in [0.29, 0.717) is 44.8 Å². The first-order chi connectivity index (χ1) is 15.2. The van der Waals surface area contributed by atoms with Crippen molar-refractivity contribution in [3.63, 3.8) is 0 Å². The fourth-order valence-electron chi connectivity index (χ4n) is 3.78. The highest BCUT2D eigenvalue weighted by atomic mass is 16.3. The molecule has 1 fully saturated rings. The fraction of sp³-hybridized carbons (Fsp3) is 0.391. The number of aromatic nitrogens is 4. The second-order valence-corrected chi connectivity index (χ2v) is 7.79. The van der Waals surface area contributed by atoms with E-state index in [9.17, 15) is 9.90 Å². The van der Waals surface area contributed by atoms with Crippen LogP contribution in [-0.4, -0.2) is 73.7 Å². The maximum Gasteiger partial charge on any atom is 0.222 e. The number of rotatable bonds is 8. The predicted molar refractivity (Wildman–Crippen MR) is 117 cm³/mol. The molecule has 1 saturated heterocycles. The molecule has 3 aromatic rings. The van der Waals surface area contributed by atoms with Gasteiger partial charge in [-0.05, 0) is 17.2 Å². The largest absolute Gasteiger partial charge is 0.387 e. The summed E-state index contributed by atoms with van der Waals surface area (Å²) >= 11 is 0. The lowest BCUT2D eigenvalue weighted by atomic mass is 10.1. The van der Waals surface area contributed by atoms with Gasteiger partial charge < -0.3 is 10.0 Å². The van der Waals surface area contributed by atoms with Crippen molar-refractivity contribution in [1.82, 2.24) is 30.0 Å². The van der Waals surface area contributed by atoms with Crippen molar-refractivity contribution in [2.45, 2.75) is 25.5 Å². The number of carbonyl (C=O) groups is 1. The minimum absolute atomic E-state index is 0.159. The third kappa shape index (κ3) is 5.74. The SMILES string of the molecule is O=C(CCCn1nnc(-c2ccccc2)n1)N1CCN(CC(O)c2ccccc2)CC1. The van der Waals surface area contributed by atoms with Gasteiger partial charge in [0.15, 0.2) is 0 Å². The summed E-state index contributed by atoms with van der Waals surface area (Å²) in [6, 6.07) is 19.4. The number of carbonyl (C=O) groups excluding carboxylic acids is 1. The molecule has 2 aromatic carbocycles. The number of β-amino-alcohol motifs (C(OH)–C–C–N with tert-alkyl or cyclic N) is 1. The Labute approximate surface area is 182 Å². The predicted octanol–water partition coefficient (Wildman–Crippen LogP) is 2.00. The van der Waals surface area contributed by atoms with Gasteiger partial charge in [0.2, 0.25) is 11.7 Å². The van der Waals surface area contributed by atoms with Crippen LogP contribution in [0.2, 0.25) is 0 Å². The first kappa shape index (κ1) is 21.1. The van der Waals surface area contributed by atoms with Crippen molar-refractivity contribution >= 4 is 5.91 Å². The van der Waals surface area contributed by atoms with Gasteiger partial charge in [-0.2, -0.15) is 4.80 Å². The van der Waals surface area contributed by atoms with E-state index in [1.54, 1.807) is 4.80 Å². The van der Waals surface area contributed by atoms with Crippen molar-refractivity contribution in [2.24, 2.45) is 0 Å². The smallest absolute Gasteiger partial charge is 0.222 e. The summed E-state index contributed by atoms with van der Waals surface area (Å²) < 4.78 is 0. The van der Waals surface area contributed by atoms with E-state index >= 15 is 0 Å². The molecule has 0 radical (unpaired) electrons. The van der Waals surface area contributed by atoms with Gasteiger partial charge in [0.25, 0.3) is 0 Å². The summed E-state index contributed by atoms with van der Waals surface area (Å²) in [5.41, 5.74) is 1.86. The molecule has 4 rings (SSSR count). The van der Waals surface area contributed by atoms with Gasteiger partial charge in [0, 0.05) is 44.7 Å². The van der Waals surface area contributed by atoms with Gasteiger partial charge in [0.1, 0.15) is 0 Å². The highest BCUT2D eigenvalue weighted by Crippen LogP contribution is 2.16. The number of piperazine rings is 1. The van der Waals surface area contributed by atoms with E-state index in [1.165, 1.54) is 0 Å². The van der Waals surface area contributed by atoms with Crippen molar-refractivity contribution in [2.75, 3.05) is 32.7 Å². The molecule has 1 aliphatic heterocycles. The third-order valence-corrected chi connectivity index (χ3v) is 5.57. The molecule has 1 atom stereocenters. The lowest BCUT2D eigenvalue weighted by Gasteiger charge is -2.35. The van der Waals surface area contributed by atoms with Gasteiger partial charge in [-0.15, -0.1) is 10.2 Å². The number of aryl methyl sites for hydroxylation is 1. The van der Waals surface area contributed by atoms with E-state index < -0.39 is 6.10 Å². The minimum Gasteiger partial charge on any atom is -0.387 e. The van der Waals surface area contributed by atoms with Gasteiger partial charge in [-0.3, -0.25) is 9.69 Å². The van der Waals surface area contributed by atoms with Gasteiger partial charge in [-0.1, -0.05) is 60.7 Å². The number of hydrogen-bond acceptors (Lipinski definition) is 6. The zero-order chi connectivity index (χ0) is 21.5. The Balaban J connectivity index is 1.17. The first-order valence-electron chi connectivity index (χ1n) is 10.8. The first-order valence-corrected chi connectivity index (χ1v) is 10.8. The van der Waals surface area contributed by atoms with Gasteiger partial charge >= 0.3 is 0 Å². The topological polar surface area (TPSA) is 87.4 Å². The fourth-order valence-corrected chi connectivity index (χ4v) is 3.78. The Bertz CT molecular complexity index is 954. The van der Waals surface area contributed by atoms with Crippen molar-refractivity contribution in [1.29, 1.82) is 0 Å². The van der Waals surface area contributed by atoms with E-state index in [1.807, 2.05) is 65.6 Å². The average molecular weight is 421 g/mol. The highest BCUT2D eigenvalue weighted by molar-refractivity contribution is 5.76. The maximum absolute atomic E-state index is 12.6. The van der Waals surface area contributed by atoms with Gasteiger partial charge in [-0.25, -0.2) is 0 Å². The Morgan fingerprint density at radius 2 is 1.65 bits per heavy atom. The summed E-state index contributed by atoms with van der Waals surface area (Å²) in [4.78, 5) is 18.2. The summed E-state index contributed by atoms with van der Waals surface area (Å²) in [5.74, 6) is 0.757. The van der Waals surface area contributed by atoms with Crippen molar-refractivity contribution in [3.05, 3.63) is 66.2 Å². The lowest BCUT2D eigenvalue weighted by molar-refractivity contribution is -0.133. The molecule has 0 bridgehead atoms. The van der Waals surface area contributed by atoms with Crippen LogP contribution in [0, 0.1) is 0 Å². The molecule has 31 heavy (non-hydrogen) atoms. The average Bonchev–Trinajstić information content (AvgIpc) is 3.29. The number of benzene rings is 2. The molecular formula is C23H28N6O2. The molecule has 0 spiro atoms. The van der Waals surface area contributed by atoms with Gasteiger partial charge in [0.05, 0.1) is 12.6 Å². The second kappa shape index (κ2) is 10.3. The number of amides is 1. The minimum atomic E-state index is -0.501. The molecule has 162 valence electrons. The van der Waals surface area contributed by atoms with Crippen molar-refractivity contribution < 1.29 is 9.90 Å². The molecule has 1 aliphatic rings. The normalized spacial score (nSPS) is 15.7. The molecule has 1 N–H and O–H groups in total. The molecule has 0 aliphatic carbocycles. The molecule has 8 heteroatoms. The van der Waals surface area contributed by atoms with E-state index in [2.05, 4.69) is 20.3 Å². The number of aliphatic hydroxyl groups is 1. The number of aliphatic hydroxyl groups excluding tert-OH is 1. The second-order valence-electron chi connectivity index (χ2n) is 7.79. The Kier molecular flexibility index (Phi) is 7.01. The summed E-state index contributed by atoms with van der Waals surface area (Å²) in [5, 5.41) is 23.0. The maximum atomic E-state index is 12.6. The molecule has 0 saturated carbocycles. The van der Waals surface area contributed by atoms with Crippen molar-refractivity contribution in [3.8, 4) is 11.4 Å². The summed E-state index contributed by atoms with van der Waals surface area (Å²) in [7, 11) is 0. The van der Waals surface area contributed by atoms with Crippen LogP contribution in [0.25, 0.3) is 11.4 Å². The van der Waals surface area contributed by atoms with E-state index in [0.717, 1.165) is 24.2 Å².